The fourth-order valence-corrected chi connectivity index (χ4v) is 3.87. The van der Waals surface area contributed by atoms with Gasteiger partial charge in [-0.2, -0.15) is 23.5 Å². The highest BCUT2D eigenvalue weighted by atomic mass is 35.5. The number of hydrogen-bond donors (Lipinski definition) is 0. The zero-order valence-electron chi connectivity index (χ0n) is 20.5. The number of nitriles is 1. The van der Waals surface area contributed by atoms with Crippen molar-refractivity contribution in [1.29, 1.82) is 5.26 Å². The highest BCUT2D eigenvalue weighted by Crippen LogP contribution is 2.35. The average Bonchev–Trinajstić information content (AvgIpc) is 2.92. The molecule has 0 aliphatic carbocycles. The van der Waals surface area contributed by atoms with E-state index in [4.69, 9.17) is 26.3 Å². The molecule has 0 radical (unpaired) electrons. The fourth-order valence-electron chi connectivity index (χ4n) is 3.65. The van der Waals surface area contributed by atoms with Crippen LogP contribution >= 0.6 is 11.6 Å². The summed E-state index contributed by atoms with van der Waals surface area (Å²) in [5.41, 5.74) is -3.16. The number of ether oxygens (including phenoxy) is 2. The number of methoxy groups -OCH3 is 1. The summed E-state index contributed by atoms with van der Waals surface area (Å²) in [5.74, 6) is -0.871. The molecule has 2 heterocycles. The Morgan fingerprint density at radius 1 is 1.05 bits per heavy atom. The van der Waals surface area contributed by atoms with Crippen LogP contribution in [0.2, 0.25) is 5.02 Å². The minimum Gasteiger partial charge on any atom is -0.497 e. The van der Waals surface area contributed by atoms with Crippen molar-refractivity contribution in [2.45, 2.75) is 19.3 Å². The molecule has 0 aliphatic heterocycles. The van der Waals surface area contributed by atoms with Crippen LogP contribution in [0.4, 0.5) is 13.2 Å². The minimum absolute atomic E-state index is 0.00321. The first-order valence-electron chi connectivity index (χ1n) is 11.3. The summed E-state index contributed by atoms with van der Waals surface area (Å²) in [7, 11) is 1.49. The van der Waals surface area contributed by atoms with Crippen molar-refractivity contribution < 1.29 is 27.4 Å². The summed E-state index contributed by atoms with van der Waals surface area (Å²) in [6.45, 7) is -0.495. The minimum atomic E-state index is -5.06. The molecule has 0 spiro atoms. The van der Waals surface area contributed by atoms with E-state index in [0.29, 0.717) is 23.9 Å². The van der Waals surface area contributed by atoms with Gasteiger partial charge >= 0.3 is 6.18 Å². The number of benzene rings is 2. The predicted octanol–water partition coefficient (Wildman–Crippen LogP) is 4.05. The molecule has 0 bridgehead atoms. The number of aldehydes is 1. The topological polar surface area (TPSA) is 129 Å². The van der Waals surface area contributed by atoms with Crippen LogP contribution < -0.4 is 20.6 Å². The molecule has 0 atom stereocenters. The molecule has 2 aromatic carbocycles. The van der Waals surface area contributed by atoms with Crippen LogP contribution in [0.25, 0.3) is 0 Å². The largest absolute Gasteiger partial charge is 0.497 e. The van der Waals surface area contributed by atoms with E-state index < -0.39 is 35.3 Å². The summed E-state index contributed by atoms with van der Waals surface area (Å²) >= 11 is 5.91. The van der Waals surface area contributed by atoms with E-state index in [2.05, 4.69) is 10.1 Å². The normalized spacial score (nSPS) is 11.1. The van der Waals surface area contributed by atoms with E-state index in [1.165, 1.54) is 13.2 Å². The zero-order chi connectivity index (χ0) is 29.0. The Balaban J connectivity index is 1.75. The number of halogens is 4. The van der Waals surface area contributed by atoms with Crippen molar-refractivity contribution in [3.8, 4) is 23.3 Å². The van der Waals surface area contributed by atoms with E-state index in [1.807, 2.05) is 0 Å². The molecule has 0 N–H and O–H groups in total. The van der Waals surface area contributed by atoms with Gasteiger partial charge in [-0.3, -0.25) is 19.0 Å². The first-order chi connectivity index (χ1) is 19.0. The molecular formula is C26H17ClF3N5O5. The van der Waals surface area contributed by atoms with Crippen LogP contribution in [0.15, 0.2) is 64.4 Å². The maximum Gasteiger partial charge on any atom is 0.437 e. The molecule has 4 aromatic rings. The Bertz CT molecular complexity index is 1740. The standard InChI is InChI=1S/C26H17ClF3N5O5/c1-39-20-4-2-15(3-5-20)11-35-24(37)17(13-36)8-19(33-35)12-34-14-32-23(26(28,29)30)22(25(34)38)40-21-7-16(10-31)6-18(27)9-21/h2-9,13-14H,11-12H2,1H3. The number of nitrogens with zero attached hydrogens (tertiary/aromatic N) is 5. The first-order valence-corrected chi connectivity index (χ1v) is 11.6. The van der Waals surface area contributed by atoms with Crippen molar-refractivity contribution in [2.24, 2.45) is 0 Å². The number of rotatable bonds is 8. The van der Waals surface area contributed by atoms with Crippen molar-refractivity contribution in [1.82, 2.24) is 19.3 Å². The van der Waals surface area contributed by atoms with Gasteiger partial charge in [-0.05, 0) is 42.0 Å². The van der Waals surface area contributed by atoms with E-state index in [-0.39, 0.29) is 34.1 Å². The van der Waals surface area contributed by atoms with Crippen LogP contribution in [0.3, 0.4) is 0 Å². The van der Waals surface area contributed by atoms with E-state index in [0.717, 1.165) is 27.4 Å². The van der Waals surface area contributed by atoms with Crippen molar-refractivity contribution in [3.05, 3.63) is 109 Å². The second-order valence-electron chi connectivity index (χ2n) is 8.26. The third-order valence-corrected chi connectivity index (χ3v) is 5.71. The summed E-state index contributed by atoms with van der Waals surface area (Å²) < 4.78 is 53.2. The molecule has 14 heteroatoms. The summed E-state index contributed by atoms with van der Waals surface area (Å²) in [4.78, 5) is 40.8. The highest BCUT2D eigenvalue weighted by Gasteiger charge is 2.39. The zero-order valence-corrected chi connectivity index (χ0v) is 21.2. The lowest BCUT2D eigenvalue weighted by Crippen LogP contribution is -2.30. The Morgan fingerprint density at radius 3 is 2.40 bits per heavy atom. The van der Waals surface area contributed by atoms with Gasteiger partial charge in [-0.25, -0.2) is 9.67 Å². The molecule has 0 unspecified atom stereocenters. The molecule has 0 fully saturated rings. The van der Waals surface area contributed by atoms with Crippen molar-refractivity contribution >= 4 is 17.9 Å². The quantitative estimate of drug-likeness (QED) is 0.290. The van der Waals surface area contributed by atoms with Crippen molar-refractivity contribution in [3.63, 3.8) is 0 Å². The lowest BCUT2D eigenvalue weighted by Gasteiger charge is -2.15. The predicted molar refractivity (Wildman–Crippen MR) is 135 cm³/mol. The van der Waals surface area contributed by atoms with Crippen molar-refractivity contribution in [2.75, 3.05) is 7.11 Å². The number of alkyl halides is 3. The van der Waals surface area contributed by atoms with Gasteiger partial charge in [-0.15, -0.1) is 0 Å². The van der Waals surface area contributed by atoms with E-state index in [1.54, 1.807) is 30.3 Å². The number of carbonyl (C=O) groups excluding carboxylic acids is 1. The monoisotopic (exact) mass is 571 g/mol. The van der Waals surface area contributed by atoms with E-state index in [9.17, 15) is 27.6 Å². The van der Waals surface area contributed by atoms with Crippen LogP contribution in [0, 0.1) is 11.3 Å². The van der Waals surface area contributed by atoms with Gasteiger partial charge in [0.2, 0.25) is 5.75 Å². The number of aromatic nitrogens is 4. The van der Waals surface area contributed by atoms with Crippen LogP contribution in [0.5, 0.6) is 17.2 Å². The average molecular weight is 572 g/mol. The molecule has 0 amide bonds. The molecule has 204 valence electrons. The highest BCUT2D eigenvalue weighted by molar-refractivity contribution is 6.30. The first kappa shape index (κ1) is 28.1. The maximum absolute atomic E-state index is 13.7. The molecule has 0 aliphatic rings. The summed E-state index contributed by atoms with van der Waals surface area (Å²) in [5, 5.41) is 13.3. The van der Waals surface area contributed by atoms with Gasteiger partial charge in [0.1, 0.15) is 11.5 Å². The van der Waals surface area contributed by atoms with E-state index >= 15 is 0 Å². The molecule has 0 saturated heterocycles. The molecule has 0 saturated carbocycles. The molecular weight excluding hydrogens is 555 g/mol. The number of hydrogen-bond acceptors (Lipinski definition) is 8. The van der Waals surface area contributed by atoms with Gasteiger partial charge < -0.3 is 9.47 Å². The second-order valence-corrected chi connectivity index (χ2v) is 8.70. The molecule has 40 heavy (non-hydrogen) atoms. The van der Waals surface area contributed by atoms with Crippen LogP contribution in [-0.4, -0.2) is 32.7 Å². The smallest absolute Gasteiger partial charge is 0.437 e. The SMILES string of the molecule is COc1ccc(Cn2nc(Cn3cnc(C(F)(F)F)c(Oc4cc(Cl)cc(C#N)c4)c3=O)cc(C=O)c2=O)cc1. The lowest BCUT2D eigenvalue weighted by molar-refractivity contribution is -0.142. The van der Waals surface area contributed by atoms with Gasteiger partial charge in [0, 0.05) is 5.02 Å². The molecule has 2 aromatic heterocycles. The molecule has 10 nitrogen and oxygen atoms in total. The van der Waals surface area contributed by atoms with Gasteiger partial charge in [0.05, 0.1) is 49.4 Å². The van der Waals surface area contributed by atoms with Gasteiger partial charge in [0.15, 0.2) is 12.0 Å². The Morgan fingerprint density at radius 2 is 1.77 bits per heavy atom. The van der Waals surface area contributed by atoms with Crippen LogP contribution in [-0.2, 0) is 19.3 Å². The summed E-state index contributed by atoms with van der Waals surface area (Å²) in [6, 6.07) is 13.1. The fraction of sp³-hybridized carbons (Fsp3) is 0.154. The van der Waals surface area contributed by atoms with Gasteiger partial charge in [-0.1, -0.05) is 23.7 Å². The molecule has 4 rings (SSSR count). The number of carbonyl (C=O) groups is 1. The second kappa shape index (κ2) is 11.4. The maximum atomic E-state index is 13.7. The Hall–Kier alpha value is -4.96. The Kier molecular flexibility index (Phi) is 8.01. The van der Waals surface area contributed by atoms with Crippen LogP contribution in [0.1, 0.15) is 32.9 Å². The summed E-state index contributed by atoms with van der Waals surface area (Å²) in [6.07, 6.45) is -4.09. The Labute approximate surface area is 228 Å². The third kappa shape index (κ3) is 6.19. The van der Waals surface area contributed by atoms with Gasteiger partial charge in [0.25, 0.3) is 11.1 Å². The lowest BCUT2D eigenvalue weighted by atomic mass is 10.2. The third-order valence-electron chi connectivity index (χ3n) is 5.49.